The van der Waals surface area contributed by atoms with Crippen LogP contribution in [0.1, 0.15) is 82.6 Å². The van der Waals surface area contributed by atoms with Crippen LogP contribution in [0.4, 0.5) is 0 Å². The summed E-state index contributed by atoms with van der Waals surface area (Å²) in [5.74, 6) is -11.1. The smallest absolute Gasteiger partial charge is 0.322 e. The fourth-order valence-corrected chi connectivity index (χ4v) is 7.55. The minimum absolute atomic E-state index is 0.378. The van der Waals surface area contributed by atoms with Gasteiger partial charge in [-0.15, -0.1) is 0 Å². The Balaban J connectivity index is 2.41. The van der Waals surface area contributed by atoms with E-state index in [0.717, 1.165) is 13.8 Å². The van der Waals surface area contributed by atoms with Gasteiger partial charge in [0.05, 0.1) is 81.9 Å². The van der Waals surface area contributed by atoms with Crippen LogP contribution in [0.5, 0.6) is 0 Å². The average Bonchev–Trinajstić information content (AvgIpc) is 3.59. The van der Waals surface area contributed by atoms with Crippen LogP contribution in [0, 0.1) is 0 Å². The van der Waals surface area contributed by atoms with Gasteiger partial charge in [-0.05, 0) is 62.3 Å². The van der Waals surface area contributed by atoms with Crippen molar-refractivity contribution < 1.29 is 112 Å². The Bertz CT molecular complexity index is 2240. The molecule has 0 unspecified atom stereocenters. The molecule has 2 heterocycles. The third-order valence-electron chi connectivity index (χ3n) is 11.6. The molecule has 34 heteroatoms. The van der Waals surface area contributed by atoms with Gasteiger partial charge in [0, 0.05) is 13.8 Å². The standard InChI is InChI=1S/C49H85N11O23/c1-22(63)54-35-39(73)37(71)28(17-61)82-45(35)53-15-33(68)56-24(12-30(65)60-46-36(55-23(2)64)40(74)38(72)29(18-62)83-46)44(78)59-27(21-81-49(9,10)11)43(77)51-14-32(67)57-25(19-79-47(3,4)5)41(75)50-13-31(66)58-26(20-80-48(6,7)8)42(76)52-16-34(69)70/h24-29,35-40,45-46,53,61-62,71-74H,12-21H2,1-11H3,(H,50,75)(H,51,77)(H,52,76)(H,54,63)(H,55,64)(H,56,68)(H,57,67)(H,58,66)(H,59,78)(H,60,65)(H,69,70)/t24-,25-,26-,27-,28+,29+,35-,36-,37+,38+,39+,40+,45+,46+/m0/s1. The van der Waals surface area contributed by atoms with Crippen LogP contribution in [0.3, 0.4) is 0 Å². The minimum atomic E-state index is -1.96. The molecule has 0 bridgehead atoms. The lowest BCUT2D eigenvalue weighted by molar-refractivity contribution is -0.203. The van der Waals surface area contributed by atoms with Gasteiger partial charge >= 0.3 is 5.97 Å². The normalized spacial score (nSPS) is 24.2. The second-order valence-corrected chi connectivity index (χ2v) is 22.4. The summed E-state index contributed by atoms with van der Waals surface area (Å²) in [6.45, 7) is 10.5. The molecule has 0 saturated carbocycles. The number of hydrogen-bond acceptors (Lipinski definition) is 23. The summed E-state index contributed by atoms with van der Waals surface area (Å²) in [4.78, 5) is 143. The molecule has 34 nitrogen and oxygen atoms in total. The molecule has 2 fully saturated rings. The zero-order valence-corrected chi connectivity index (χ0v) is 48.3. The lowest BCUT2D eigenvalue weighted by Crippen LogP contribution is -2.68. The molecule has 0 aliphatic carbocycles. The van der Waals surface area contributed by atoms with E-state index in [4.69, 9.17) is 28.8 Å². The minimum Gasteiger partial charge on any atom is -0.480 e. The highest BCUT2D eigenvalue weighted by molar-refractivity contribution is 5.97. The maximum absolute atomic E-state index is 14.3. The van der Waals surface area contributed by atoms with Crippen LogP contribution < -0.4 is 58.5 Å². The van der Waals surface area contributed by atoms with Crippen molar-refractivity contribution in [3.8, 4) is 0 Å². The van der Waals surface area contributed by atoms with Gasteiger partial charge in [-0.3, -0.25) is 58.1 Å². The Morgan fingerprint density at radius 2 is 0.795 bits per heavy atom. The number of carboxylic acid groups (broad SMARTS) is 1. The zero-order valence-electron chi connectivity index (χ0n) is 48.3. The number of nitrogens with one attached hydrogen (secondary N) is 11. The van der Waals surface area contributed by atoms with Gasteiger partial charge in [0.1, 0.15) is 79.6 Å². The summed E-state index contributed by atoms with van der Waals surface area (Å²) in [6, 6.07) is -9.53. The summed E-state index contributed by atoms with van der Waals surface area (Å²) >= 11 is 0. The predicted octanol–water partition coefficient (Wildman–Crippen LogP) is -9.21. The Morgan fingerprint density at radius 1 is 0.446 bits per heavy atom. The monoisotopic (exact) mass is 1200 g/mol. The maximum Gasteiger partial charge on any atom is 0.322 e. The summed E-state index contributed by atoms with van der Waals surface area (Å²) in [5.41, 5.74) is -2.64. The lowest BCUT2D eigenvalue weighted by Gasteiger charge is -2.42. The lowest BCUT2D eigenvalue weighted by atomic mass is 9.95. The van der Waals surface area contributed by atoms with E-state index in [1.807, 2.05) is 0 Å². The van der Waals surface area contributed by atoms with E-state index in [1.54, 1.807) is 62.3 Å². The van der Waals surface area contributed by atoms with Crippen LogP contribution in [-0.4, -0.2) is 262 Å². The average molecular weight is 1200 g/mol. The number of hydrogen-bond donors (Lipinski definition) is 18. The summed E-state index contributed by atoms with van der Waals surface area (Å²) < 4.78 is 28.3. The van der Waals surface area contributed by atoms with Gasteiger partial charge < -0.3 is 113 Å². The molecule has 14 atom stereocenters. The first-order valence-corrected chi connectivity index (χ1v) is 26.3. The Labute approximate surface area is 478 Å². The number of carbonyl (C=O) groups is 11. The van der Waals surface area contributed by atoms with E-state index in [-0.39, 0.29) is 6.61 Å². The van der Waals surface area contributed by atoms with Gasteiger partial charge in [0.15, 0.2) is 6.23 Å². The number of ether oxygens (including phenoxy) is 5. The highest BCUT2D eigenvalue weighted by Crippen LogP contribution is 2.22. The molecule has 0 aromatic carbocycles. The molecule has 0 aromatic rings. The van der Waals surface area contributed by atoms with Crippen LogP contribution >= 0.6 is 0 Å². The van der Waals surface area contributed by atoms with Crippen molar-refractivity contribution in [1.82, 2.24) is 58.5 Å². The van der Waals surface area contributed by atoms with Gasteiger partial charge in [-0.1, -0.05) is 0 Å². The van der Waals surface area contributed by atoms with Crippen LogP contribution in [0.2, 0.25) is 0 Å². The molecule has 18 N–H and O–H groups in total. The molecule has 0 spiro atoms. The van der Waals surface area contributed by atoms with Crippen LogP contribution in [0.25, 0.3) is 0 Å². The molecule has 0 aromatic heterocycles. The van der Waals surface area contributed by atoms with Crippen molar-refractivity contribution in [2.24, 2.45) is 0 Å². The fraction of sp³-hybridized carbons (Fsp3) is 0.776. The van der Waals surface area contributed by atoms with E-state index in [0.29, 0.717) is 0 Å². The molecule has 2 aliphatic rings. The predicted molar refractivity (Wildman–Crippen MR) is 283 cm³/mol. The second-order valence-electron chi connectivity index (χ2n) is 22.4. The summed E-state index contributed by atoms with van der Waals surface area (Å²) in [7, 11) is 0. The van der Waals surface area contributed by atoms with E-state index >= 15 is 0 Å². The Morgan fingerprint density at radius 3 is 1.17 bits per heavy atom. The van der Waals surface area contributed by atoms with Gasteiger partial charge in [0.25, 0.3) is 0 Å². The molecule has 10 amide bonds. The van der Waals surface area contributed by atoms with Crippen molar-refractivity contribution in [3.63, 3.8) is 0 Å². The van der Waals surface area contributed by atoms with Crippen molar-refractivity contribution in [1.29, 1.82) is 0 Å². The number of carboxylic acids is 1. The summed E-state index contributed by atoms with van der Waals surface area (Å²) in [6.07, 6.45) is -14.0. The van der Waals surface area contributed by atoms with Gasteiger partial charge in [0.2, 0.25) is 59.1 Å². The maximum atomic E-state index is 14.3. The highest BCUT2D eigenvalue weighted by Gasteiger charge is 2.47. The Hall–Kier alpha value is -6.31. The largest absolute Gasteiger partial charge is 0.480 e. The Kier molecular flexibility index (Phi) is 29.2. The topological polar surface area (TPSA) is 508 Å². The third-order valence-corrected chi connectivity index (χ3v) is 11.6. The number of aliphatic hydroxyl groups excluding tert-OH is 6. The van der Waals surface area contributed by atoms with E-state index in [1.165, 1.54) is 0 Å². The molecule has 2 aliphatic heterocycles. The number of aliphatic hydroxyl groups is 6. The van der Waals surface area contributed by atoms with E-state index < -0.39 is 226 Å². The number of carbonyl (C=O) groups excluding carboxylic acids is 10. The van der Waals surface area contributed by atoms with Crippen molar-refractivity contribution in [3.05, 3.63) is 0 Å². The number of aliphatic carboxylic acids is 1. The van der Waals surface area contributed by atoms with Crippen LogP contribution in [0.15, 0.2) is 0 Å². The number of amides is 10. The highest BCUT2D eigenvalue weighted by atomic mass is 16.6. The molecule has 83 heavy (non-hydrogen) atoms. The molecule has 474 valence electrons. The first kappa shape index (κ1) is 72.8. The van der Waals surface area contributed by atoms with Crippen LogP contribution in [-0.2, 0) is 76.4 Å². The van der Waals surface area contributed by atoms with Crippen molar-refractivity contribution in [2.75, 3.05) is 59.2 Å². The fourth-order valence-electron chi connectivity index (χ4n) is 7.55. The summed E-state index contributed by atoms with van der Waals surface area (Å²) in [5, 5.41) is 96.8. The molecular formula is C49H85N11O23. The zero-order chi connectivity index (χ0) is 63.3. The quantitative estimate of drug-likeness (QED) is 0.0318. The van der Waals surface area contributed by atoms with Crippen molar-refractivity contribution >= 4 is 65.0 Å². The second kappa shape index (κ2) is 33.3. The molecule has 2 saturated heterocycles. The van der Waals surface area contributed by atoms with E-state index in [2.05, 4.69) is 58.5 Å². The SMILES string of the molecule is CC(=O)N[C@H]1[C@@H](O)[C@H](O)[C@@H](CO)O[C@H]1NCC(=O)N[C@@H](CC(=O)N[C@@H]1O[C@H](CO)[C@@H](O)[C@H](O)[C@@H]1NC(C)=O)C(=O)N[C@@H](COC(C)(C)C)C(=O)NCC(=O)N[C@@H](COC(C)(C)C)C(=O)NCC(=O)N[C@@H](COC(C)(C)C)C(=O)NCC(=O)O. The third kappa shape index (κ3) is 26.9. The van der Waals surface area contributed by atoms with Gasteiger partial charge in [-0.25, -0.2) is 0 Å². The molecular weight excluding hydrogens is 1110 g/mol. The number of rotatable bonds is 30. The molecule has 2 rings (SSSR count). The first-order chi connectivity index (χ1) is 38.3. The van der Waals surface area contributed by atoms with Crippen molar-refractivity contribution in [2.45, 2.75) is 185 Å². The van der Waals surface area contributed by atoms with E-state index in [9.17, 15) is 83.4 Å². The first-order valence-electron chi connectivity index (χ1n) is 26.3. The molecule has 0 radical (unpaired) electrons. The van der Waals surface area contributed by atoms with Gasteiger partial charge in [-0.2, -0.15) is 0 Å².